The molecule has 0 aliphatic carbocycles. The van der Waals surface area contributed by atoms with Crippen molar-refractivity contribution in [2.45, 2.75) is 11.3 Å². The highest BCUT2D eigenvalue weighted by atomic mass is 32.2. The van der Waals surface area contributed by atoms with Crippen molar-refractivity contribution in [1.82, 2.24) is 9.62 Å². The third-order valence-corrected chi connectivity index (χ3v) is 4.58. The van der Waals surface area contributed by atoms with Gasteiger partial charge in [0.05, 0.1) is 18.1 Å². The maximum atomic E-state index is 12.0. The molecule has 1 heterocycles. The SMILES string of the molecule is O=C(CCNS(=O)(=O)c1cccc(O)c1)N1CCOCC1. The van der Waals surface area contributed by atoms with Gasteiger partial charge in [0.25, 0.3) is 0 Å². The van der Waals surface area contributed by atoms with Gasteiger partial charge < -0.3 is 14.7 Å². The Bertz CT molecular complexity index is 596. The smallest absolute Gasteiger partial charge is 0.240 e. The maximum absolute atomic E-state index is 12.0. The molecule has 0 radical (unpaired) electrons. The molecule has 1 amide bonds. The molecule has 2 N–H and O–H groups in total. The molecule has 1 aromatic carbocycles. The molecule has 0 bridgehead atoms. The average Bonchev–Trinajstić information content (AvgIpc) is 2.48. The van der Waals surface area contributed by atoms with Gasteiger partial charge in [0.15, 0.2) is 0 Å². The minimum absolute atomic E-state index is 0.0220. The fraction of sp³-hybridized carbons (Fsp3) is 0.462. The molecule has 7 nitrogen and oxygen atoms in total. The summed E-state index contributed by atoms with van der Waals surface area (Å²) in [7, 11) is -3.71. The van der Waals surface area contributed by atoms with Gasteiger partial charge in [-0.3, -0.25) is 4.79 Å². The zero-order valence-electron chi connectivity index (χ0n) is 11.5. The standard InChI is InChI=1S/C13H18N2O5S/c16-11-2-1-3-12(10-11)21(18,19)14-5-4-13(17)15-6-8-20-9-7-15/h1-3,10,14,16H,4-9H2. The van der Waals surface area contributed by atoms with Crippen molar-refractivity contribution < 1.29 is 23.1 Å². The number of ether oxygens (including phenoxy) is 1. The Hall–Kier alpha value is -1.64. The summed E-state index contributed by atoms with van der Waals surface area (Å²) in [4.78, 5) is 13.5. The lowest BCUT2D eigenvalue weighted by Crippen LogP contribution is -2.42. The van der Waals surface area contributed by atoms with Gasteiger partial charge >= 0.3 is 0 Å². The van der Waals surface area contributed by atoms with E-state index in [4.69, 9.17) is 4.74 Å². The van der Waals surface area contributed by atoms with Crippen LogP contribution in [0.15, 0.2) is 29.2 Å². The van der Waals surface area contributed by atoms with Crippen LogP contribution in [0.4, 0.5) is 0 Å². The number of nitrogens with zero attached hydrogens (tertiary/aromatic N) is 1. The minimum Gasteiger partial charge on any atom is -0.508 e. The molecule has 0 spiro atoms. The average molecular weight is 314 g/mol. The van der Waals surface area contributed by atoms with Crippen LogP contribution in [0.5, 0.6) is 5.75 Å². The molecule has 1 aromatic rings. The van der Waals surface area contributed by atoms with Crippen molar-refractivity contribution in [2.75, 3.05) is 32.8 Å². The number of amides is 1. The number of carbonyl (C=O) groups is 1. The van der Waals surface area contributed by atoms with Gasteiger partial charge in [0, 0.05) is 26.1 Å². The zero-order valence-corrected chi connectivity index (χ0v) is 12.3. The predicted octanol–water partition coefficient (Wildman–Crippen LogP) is -0.0806. The number of hydrogen-bond donors (Lipinski definition) is 2. The molecule has 1 aliphatic rings. The van der Waals surface area contributed by atoms with E-state index in [9.17, 15) is 18.3 Å². The van der Waals surface area contributed by atoms with Crippen LogP contribution in [0.3, 0.4) is 0 Å². The third-order valence-electron chi connectivity index (χ3n) is 3.12. The quantitative estimate of drug-likeness (QED) is 0.792. The second-order valence-corrected chi connectivity index (χ2v) is 6.41. The first-order valence-corrected chi connectivity index (χ1v) is 8.11. The highest BCUT2D eigenvalue weighted by Crippen LogP contribution is 2.15. The molecule has 2 rings (SSSR count). The van der Waals surface area contributed by atoms with Gasteiger partial charge in [-0.2, -0.15) is 0 Å². The number of hydrogen-bond acceptors (Lipinski definition) is 5. The van der Waals surface area contributed by atoms with Crippen molar-refractivity contribution >= 4 is 15.9 Å². The Balaban J connectivity index is 1.86. The lowest BCUT2D eigenvalue weighted by Gasteiger charge is -2.26. The topological polar surface area (TPSA) is 95.9 Å². The van der Waals surface area contributed by atoms with Gasteiger partial charge in [-0.1, -0.05) is 6.07 Å². The summed E-state index contributed by atoms with van der Waals surface area (Å²) in [6.45, 7) is 2.13. The number of sulfonamides is 1. The molecule has 116 valence electrons. The molecule has 1 fully saturated rings. The Kier molecular flexibility index (Phi) is 5.16. The van der Waals surface area contributed by atoms with Crippen molar-refractivity contribution in [2.24, 2.45) is 0 Å². The number of phenolic OH excluding ortho intramolecular Hbond substituents is 1. The van der Waals surface area contributed by atoms with E-state index in [1.165, 1.54) is 18.2 Å². The van der Waals surface area contributed by atoms with Gasteiger partial charge in [-0.15, -0.1) is 0 Å². The molecule has 0 unspecified atom stereocenters. The lowest BCUT2D eigenvalue weighted by atomic mass is 10.3. The Morgan fingerprint density at radius 3 is 2.71 bits per heavy atom. The molecule has 0 saturated carbocycles. The highest BCUT2D eigenvalue weighted by molar-refractivity contribution is 7.89. The van der Waals surface area contributed by atoms with Crippen molar-refractivity contribution in [3.63, 3.8) is 0 Å². The number of carbonyl (C=O) groups excluding carboxylic acids is 1. The summed E-state index contributed by atoms with van der Waals surface area (Å²) in [5.74, 6) is -0.223. The van der Waals surface area contributed by atoms with Gasteiger partial charge in [0.2, 0.25) is 15.9 Å². The first-order chi connectivity index (χ1) is 9.99. The Morgan fingerprint density at radius 1 is 1.33 bits per heavy atom. The van der Waals surface area contributed by atoms with E-state index in [1.54, 1.807) is 4.90 Å². The maximum Gasteiger partial charge on any atom is 0.240 e. The predicted molar refractivity (Wildman–Crippen MR) is 75.3 cm³/mol. The molecule has 21 heavy (non-hydrogen) atoms. The van der Waals surface area contributed by atoms with E-state index in [1.807, 2.05) is 0 Å². The Morgan fingerprint density at radius 2 is 2.05 bits per heavy atom. The van der Waals surface area contributed by atoms with Crippen LogP contribution >= 0.6 is 0 Å². The largest absolute Gasteiger partial charge is 0.508 e. The van der Waals surface area contributed by atoms with E-state index in [2.05, 4.69) is 4.72 Å². The minimum atomic E-state index is -3.71. The van der Waals surface area contributed by atoms with E-state index in [0.29, 0.717) is 26.3 Å². The number of morpholine rings is 1. The fourth-order valence-electron chi connectivity index (χ4n) is 2.00. The first kappa shape index (κ1) is 15.7. The Labute approximate surface area is 123 Å². The number of aromatic hydroxyl groups is 1. The van der Waals surface area contributed by atoms with Crippen LogP contribution in [0.1, 0.15) is 6.42 Å². The van der Waals surface area contributed by atoms with Crippen molar-refractivity contribution in [1.29, 1.82) is 0 Å². The van der Waals surface area contributed by atoms with E-state index >= 15 is 0 Å². The monoisotopic (exact) mass is 314 g/mol. The van der Waals surface area contributed by atoms with Crippen molar-refractivity contribution in [3.05, 3.63) is 24.3 Å². The summed E-state index contributed by atoms with van der Waals surface area (Å²) >= 11 is 0. The van der Waals surface area contributed by atoms with Crippen LogP contribution < -0.4 is 4.72 Å². The van der Waals surface area contributed by atoms with Crippen LogP contribution in [-0.4, -0.2) is 57.2 Å². The second-order valence-electron chi connectivity index (χ2n) is 4.64. The first-order valence-electron chi connectivity index (χ1n) is 6.63. The summed E-state index contributed by atoms with van der Waals surface area (Å²) in [6.07, 6.45) is 0.0953. The zero-order chi connectivity index (χ0) is 15.3. The molecule has 1 saturated heterocycles. The number of nitrogens with one attached hydrogen (secondary N) is 1. The van der Waals surface area contributed by atoms with Crippen molar-refractivity contribution in [3.8, 4) is 5.75 Å². The number of benzene rings is 1. The normalized spacial score (nSPS) is 15.9. The second kappa shape index (κ2) is 6.88. The molecular weight excluding hydrogens is 296 g/mol. The van der Waals surface area contributed by atoms with E-state index in [-0.39, 0.29) is 29.5 Å². The van der Waals surface area contributed by atoms with Crippen LogP contribution in [0.2, 0.25) is 0 Å². The number of rotatable bonds is 5. The fourth-order valence-corrected chi connectivity index (χ4v) is 3.07. The van der Waals surface area contributed by atoms with Gasteiger partial charge in [0.1, 0.15) is 5.75 Å². The summed E-state index contributed by atoms with van der Waals surface area (Å²) in [6, 6.07) is 5.38. The summed E-state index contributed by atoms with van der Waals surface area (Å²) in [5, 5.41) is 9.30. The van der Waals surface area contributed by atoms with E-state index in [0.717, 1.165) is 6.07 Å². The summed E-state index contributed by atoms with van der Waals surface area (Å²) < 4.78 is 31.5. The van der Waals surface area contributed by atoms with Gasteiger partial charge in [-0.25, -0.2) is 13.1 Å². The van der Waals surface area contributed by atoms with Gasteiger partial charge in [-0.05, 0) is 18.2 Å². The lowest BCUT2D eigenvalue weighted by molar-refractivity contribution is -0.135. The van der Waals surface area contributed by atoms with Crippen LogP contribution in [-0.2, 0) is 19.6 Å². The molecule has 0 aromatic heterocycles. The summed E-state index contributed by atoms with van der Waals surface area (Å²) in [5.41, 5.74) is 0. The number of phenols is 1. The van der Waals surface area contributed by atoms with Crippen LogP contribution in [0, 0.1) is 0 Å². The molecular formula is C13H18N2O5S. The molecule has 1 aliphatic heterocycles. The molecule has 8 heteroatoms. The highest BCUT2D eigenvalue weighted by Gasteiger charge is 2.18. The third kappa shape index (κ3) is 4.42. The molecule has 0 atom stereocenters. The van der Waals surface area contributed by atoms with E-state index < -0.39 is 10.0 Å². The van der Waals surface area contributed by atoms with Crippen LogP contribution in [0.25, 0.3) is 0 Å².